The van der Waals surface area contributed by atoms with Crippen LogP contribution in [0.3, 0.4) is 0 Å². The standard InChI is InChI=1S/C17H26O5/c1-19-12-16-15(20-2)8-9-17(22-16)21-10-4-3-5-13-6-7-14(18)11-13/h3,5,8-9,13,15-17H,4,6-7,10-12H2,1-2H3/b5-3+/t13?,15-,16+,17?/m0/s1. The number of carbonyl (C=O) groups is 1. The molecule has 1 fully saturated rings. The van der Waals surface area contributed by atoms with Crippen LogP contribution in [0.1, 0.15) is 25.7 Å². The smallest absolute Gasteiger partial charge is 0.177 e. The molecular weight excluding hydrogens is 284 g/mol. The van der Waals surface area contributed by atoms with Crippen LogP contribution >= 0.6 is 0 Å². The molecule has 2 aliphatic rings. The zero-order valence-corrected chi connectivity index (χ0v) is 13.4. The van der Waals surface area contributed by atoms with Crippen molar-refractivity contribution in [2.45, 2.75) is 44.2 Å². The maximum atomic E-state index is 11.2. The molecule has 1 aliphatic heterocycles. The minimum atomic E-state index is -0.354. The Morgan fingerprint density at radius 3 is 2.91 bits per heavy atom. The van der Waals surface area contributed by atoms with Gasteiger partial charge in [-0.05, 0) is 24.8 Å². The van der Waals surface area contributed by atoms with Gasteiger partial charge < -0.3 is 18.9 Å². The van der Waals surface area contributed by atoms with Crippen LogP contribution in [-0.4, -0.2) is 51.7 Å². The Kier molecular flexibility index (Phi) is 7.25. The van der Waals surface area contributed by atoms with Gasteiger partial charge in [-0.25, -0.2) is 0 Å². The number of ketones is 1. The van der Waals surface area contributed by atoms with Gasteiger partial charge >= 0.3 is 0 Å². The van der Waals surface area contributed by atoms with E-state index in [4.69, 9.17) is 18.9 Å². The van der Waals surface area contributed by atoms with Crippen molar-refractivity contribution in [3.05, 3.63) is 24.3 Å². The number of rotatable bonds is 8. The summed E-state index contributed by atoms with van der Waals surface area (Å²) in [5, 5.41) is 0. The van der Waals surface area contributed by atoms with E-state index >= 15 is 0 Å². The average molecular weight is 310 g/mol. The van der Waals surface area contributed by atoms with Crippen LogP contribution in [0.25, 0.3) is 0 Å². The highest BCUT2D eigenvalue weighted by molar-refractivity contribution is 5.80. The molecule has 0 aromatic rings. The van der Waals surface area contributed by atoms with E-state index in [9.17, 15) is 4.79 Å². The molecule has 0 amide bonds. The molecule has 2 rings (SSSR count). The molecule has 0 bridgehead atoms. The Morgan fingerprint density at radius 2 is 2.23 bits per heavy atom. The van der Waals surface area contributed by atoms with Gasteiger partial charge in [0.15, 0.2) is 6.29 Å². The van der Waals surface area contributed by atoms with Gasteiger partial charge in [0.05, 0.1) is 13.2 Å². The van der Waals surface area contributed by atoms with Crippen LogP contribution < -0.4 is 0 Å². The van der Waals surface area contributed by atoms with Crippen molar-refractivity contribution >= 4 is 5.78 Å². The highest BCUT2D eigenvalue weighted by atomic mass is 16.7. The average Bonchev–Trinajstić information content (AvgIpc) is 2.93. The number of hydrogen-bond acceptors (Lipinski definition) is 5. The largest absolute Gasteiger partial charge is 0.382 e. The van der Waals surface area contributed by atoms with Gasteiger partial charge in [-0.2, -0.15) is 0 Å². The SMILES string of the molecule is COC[C@H]1OC(OCC/C=C/C2CCC(=O)C2)C=C[C@@H]1OC. The van der Waals surface area contributed by atoms with Crippen molar-refractivity contribution in [2.24, 2.45) is 5.92 Å². The normalized spacial score (nSPS) is 32.2. The van der Waals surface area contributed by atoms with Crippen molar-refractivity contribution in [1.29, 1.82) is 0 Å². The predicted octanol–water partition coefficient (Wildman–Crippen LogP) is 2.26. The number of hydrogen-bond donors (Lipinski definition) is 0. The Hall–Kier alpha value is -1.01. The second-order valence-electron chi connectivity index (χ2n) is 5.71. The zero-order chi connectivity index (χ0) is 15.8. The molecule has 5 nitrogen and oxygen atoms in total. The molecule has 4 atom stereocenters. The minimum Gasteiger partial charge on any atom is -0.382 e. The van der Waals surface area contributed by atoms with E-state index in [0.29, 0.717) is 31.3 Å². The molecule has 22 heavy (non-hydrogen) atoms. The molecule has 1 saturated carbocycles. The van der Waals surface area contributed by atoms with Crippen molar-refractivity contribution in [2.75, 3.05) is 27.4 Å². The number of methoxy groups -OCH3 is 2. The quantitative estimate of drug-likeness (QED) is 0.508. The topological polar surface area (TPSA) is 54.0 Å². The summed E-state index contributed by atoms with van der Waals surface area (Å²) in [6.07, 6.45) is 10.7. The maximum absolute atomic E-state index is 11.2. The first-order valence-corrected chi connectivity index (χ1v) is 7.88. The fourth-order valence-corrected chi connectivity index (χ4v) is 2.79. The Labute approximate surface area is 132 Å². The van der Waals surface area contributed by atoms with Gasteiger partial charge in [0, 0.05) is 27.1 Å². The summed E-state index contributed by atoms with van der Waals surface area (Å²) in [6.45, 7) is 1.06. The summed E-state index contributed by atoms with van der Waals surface area (Å²) in [5.41, 5.74) is 0. The zero-order valence-electron chi connectivity index (χ0n) is 13.4. The van der Waals surface area contributed by atoms with Gasteiger partial charge in [0.1, 0.15) is 18.0 Å². The highest BCUT2D eigenvalue weighted by Gasteiger charge is 2.27. The van der Waals surface area contributed by atoms with Gasteiger partial charge in [-0.15, -0.1) is 0 Å². The fraction of sp³-hybridized carbons (Fsp3) is 0.706. The van der Waals surface area contributed by atoms with Crippen molar-refractivity contribution in [3.8, 4) is 0 Å². The van der Waals surface area contributed by atoms with Crippen molar-refractivity contribution in [3.63, 3.8) is 0 Å². The lowest BCUT2D eigenvalue weighted by atomic mass is 10.1. The first kappa shape index (κ1) is 17.3. The molecule has 2 unspecified atom stereocenters. The van der Waals surface area contributed by atoms with E-state index in [0.717, 1.165) is 19.3 Å². The Morgan fingerprint density at radius 1 is 1.36 bits per heavy atom. The second-order valence-corrected chi connectivity index (χ2v) is 5.71. The third kappa shape index (κ3) is 5.32. The lowest BCUT2D eigenvalue weighted by Crippen LogP contribution is -2.40. The molecule has 0 aromatic heterocycles. The lowest BCUT2D eigenvalue weighted by molar-refractivity contribution is -0.185. The van der Waals surface area contributed by atoms with E-state index in [1.54, 1.807) is 14.2 Å². The molecular formula is C17H26O5. The first-order valence-electron chi connectivity index (χ1n) is 7.88. The van der Waals surface area contributed by atoms with E-state index in [1.807, 2.05) is 12.2 Å². The highest BCUT2D eigenvalue weighted by Crippen LogP contribution is 2.23. The maximum Gasteiger partial charge on any atom is 0.177 e. The summed E-state index contributed by atoms with van der Waals surface area (Å²) in [5.74, 6) is 0.801. The van der Waals surface area contributed by atoms with Gasteiger partial charge in [0.2, 0.25) is 0 Å². The number of allylic oxidation sites excluding steroid dienone is 1. The number of carbonyl (C=O) groups excluding carboxylic acids is 1. The molecule has 0 radical (unpaired) electrons. The molecule has 124 valence electrons. The fourth-order valence-electron chi connectivity index (χ4n) is 2.79. The van der Waals surface area contributed by atoms with Crippen molar-refractivity contribution < 1.29 is 23.7 Å². The third-order valence-electron chi connectivity index (χ3n) is 4.00. The molecule has 0 spiro atoms. The number of Topliss-reactive ketones (excluding diaryl/α,β-unsaturated/α-hetero) is 1. The van der Waals surface area contributed by atoms with Crippen LogP contribution in [0.4, 0.5) is 0 Å². The lowest BCUT2D eigenvalue weighted by Gasteiger charge is -2.30. The van der Waals surface area contributed by atoms with Crippen LogP contribution in [0.15, 0.2) is 24.3 Å². The van der Waals surface area contributed by atoms with Gasteiger partial charge in [-0.1, -0.05) is 18.2 Å². The molecule has 5 heteroatoms. The Balaban J connectivity index is 1.66. The Bertz CT molecular complexity index is 404. The number of ether oxygens (including phenoxy) is 4. The summed E-state index contributed by atoms with van der Waals surface area (Å²) < 4.78 is 22.0. The second kappa shape index (κ2) is 9.20. The monoisotopic (exact) mass is 310 g/mol. The van der Waals surface area contributed by atoms with Crippen LogP contribution in [0.2, 0.25) is 0 Å². The van der Waals surface area contributed by atoms with Gasteiger partial charge in [-0.3, -0.25) is 4.79 Å². The van der Waals surface area contributed by atoms with E-state index in [2.05, 4.69) is 12.2 Å². The molecule has 0 saturated heterocycles. The van der Waals surface area contributed by atoms with Gasteiger partial charge in [0.25, 0.3) is 0 Å². The summed E-state index contributed by atoms with van der Waals surface area (Å²) in [4.78, 5) is 11.2. The van der Waals surface area contributed by atoms with E-state index in [-0.39, 0.29) is 18.5 Å². The molecule has 0 N–H and O–H groups in total. The molecule has 1 aliphatic carbocycles. The van der Waals surface area contributed by atoms with E-state index in [1.165, 1.54) is 0 Å². The van der Waals surface area contributed by atoms with Crippen LogP contribution in [0.5, 0.6) is 0 Å². The summed E-state index contributed by atoms with van der Waals surface area (Å²) >= 11 is 0. The van der Waals surface area contributed by atoms with Crippen molar-refractivity contribution in [1.82, 2.24) is 0 Å². The molecule has 0 aromatic carbocycles. The molecule has 1 heterocycles. The minimum absolute atomic E-state index is 0.0976. The van der Waals surface area contributed by atoms with Crippen LogP contribution in [0, 0.1) is 5.92 Å². The predicted molar refractivity (Wildman–Crippen MR) is 82.5 cm³/mol. The summed E-state index contributed by atoms with van der Waals surface area (Å²) in [6, 6.07) is 0. The summed E-state index contributed by atoms with van der Waals surface area (Å²) in [7, 11) is 3.30. The first-order chi connectivity index (χ1) is 10.7. The van der Waals surface area contributed by atoms with E-state index < -0.39 is 0 Å². The van der Waals surface area contributed by atoms with Crippen LogP contribution in [-0.2, 0) is 23.7 Å². The third-order valence-corrected chi connectivity index (χ3v) is 4.00.